The second-order valence-electron chi connectivity index (χ2n) is 5.11. The van der Waals surface area contributed by atoms with E-state index < -0.39 is 0 Å². The van der Waals surface area contributed by atoms with Crippen LogP contribution < -0.4 is 10.5 Å². The largest absolute Gasteiger partial charge is 0.489 e. The van der Waals surface area contributed by atoms with Crippen LogP contribution in [-0.4, -0.2) is 0 Å². The molecule has 0 bridgehead atoms. The van der Waals surface area contributed by atoms with Crippen molar-refractivity contribution in [2.24, 2.45) is 5.73 Å². The van der Waals surface area contributed by atoms with Gasteiger partial charge in [-0.3, -0.25) is 0 Å². The van der Waals surface area contributed by atoms with E-state index in [1.807, 2.05) is 49.4 Å². The Morgan fingerprint density at radius 3 is 2.35 bits per heavy atom. The fourth-order valence-corrected chi connectivity index (χ4v) is 2.05. The van der Waals surface area contributed by atoms with Gasteiger partial charge in [0.1, 0.15) is 12.4 Å². The van der Waals surface area contributed by atoms with Gasteiger partial charge >= 0.3 is 0 Å². The minimum Gasteiger partial charge on any atom is -0.489 e. The Labute approximate surface area is 120 Å². The molecule has 1 atom stereocenters. The molecule has 104 valence electrons. The molecule has 0 aromatic heterocycles. The zero-order valence-corrected chi connectivity index (χ0v) is 11.9. The standard InChI is InChI=1S/C18H21NO/c1-14(2)12-18(19)16-8-10-17(11-9-16)20-13-15-6-4-3-5-7-15/h3-11,18H,1,12-13,19H2,2H3/t18-/m0/s1. The highest BCUT2D eigenvalue weighted by Crippen LogP contribution is 2.21. The van der Waals surface area contributed by atoms with Crippen LogP contribution in [0.2, 0.25) is 0 Å². The molecule has 2 aromatic carbocycles. The normalized spacial score (nSPS) is 11.9. The Kier molecular flexibility index (Phi) is 4.97. The number of ether oxygens (including phenoxy) is 1. The third-order valence-electron chi connectivity index (χ3n) is 3.12. The number of hydrogen-bond acceptors (Lipinski definition) is 2. The van der Waals surface area contributed by atoms with Crippen molar-refractivity contribution in [2.75, 3.05) is 0 Å². The fourth-order valence-electron chi connectivity index (χ4n) is 2.05. The smallest absolute Gasteiger partial charge is 0.119 e. The number of hydrogen-bond donors (Lipinski definition) is 1. The molecule has 0 fully saturated rings. The molecule has 0 aliphatic heterocycles. The van der Waals surface area contributed by atoms with Crippen molar-refractivity contribution in [3.63, 3.8) is 0 Å². The van der Waals surface area contributed by atoms with Crippen LogP contribution in [0.3, 0.4) is 0 Å². The predicted molar refractivity (Wildman–Crippen MR) is 83.6 cm³/mol. The Morgan fingerprint density at radius 1 is 1.10 bits per heavy atom. The first-order chi connectivity index (χ1) is 9.65. The van der Waals surface area contributed by atoms with Crippen LogP contribution in [0.4, 0.5) is 0 Å². The summed E-state index contributed by atoms with van der Waals surface area (Å²) in [6.07, 6.45) is 0.810. The molecule has 0 heterocycles. The fraction of sp³-hybridized carbons (Fsp3) is 0.222. The summed E-state index contributed by atoms with van der Waals surface area (Å²) in [6, 6.07) is 18.1. The molecular formula is C18H21NO. The molecule has 0 amide bonds. The SMILES string of the molecule is C=C(C)C[C@H](N)c1ccc(OCc2ccccc2)cc1. The van der Waals surface area contributed by atoms with Gasteiger partial charge in [-0.25, -0.2) is 0 Å². The Morgan fingerprint density at radius 2 is 1.75 bits per heavy atom. The summed E-state index contributed by atoms with van der Waals surface area (Å²) in [5.74, 6) is 0.861. The predicted octanol–water partition coefficient (Wildman–Crippen LogP) is 4.23. The van der Waals surface area contributed by atoms with Crippen LogP contribution in [0, 0.1) is 0 Å². The van der Waals surface area contributed by atoms with Crippen molar-refractivity contribution in [2.45, 2.75) is 26.0 Å². The molecule has 2 rings (SSSR count). The molecule has 0 aliphatic rings. The summed E-state index contributed by atoms with van der Waals surface area (Å²) in [5, 5.41) is 0. The summed E-state index contributed by atoms with van der Waals surface area (Å²) in [7, 11) is 0. The molecule has 0 aliphatic carbocycles. The maximum Gasteiger partial charge on any atom is 0.119 e. The molecule has 0 saturated carbocycles. The maximum atomic E-state index is 6.11. The van der Waals surface area contributed by atoms with Crippen LogP contribution in [0.5, 0.6) is 5.75 Å². The van der Waals surface area contributed by atoms with E-state index in [2.05, 4.69) is 18.7 Å². The molecule has 2 nitrogen and oxygen atoms in total. The van der Waals surface area contributed by atoms with Gasteiger partial charge in [0.25, 0.3) is 0 Å². The van der Waals surface area contributed by atoms with Crippen molar-refractivity contribution in [1.29, 1.82) is 0 Å². The van der Waals surface area contributed by atoms with Crippen molar-refractivity contribution in [3.8, 4) is 5.75 Å². The summed E-state index contributed by atoms with van der Waals surface area (Å²) in [6.45, 7) is 6.48. The lowest BCUT2D eigenvalue weighted by Gasteiger charge is -2.13. The molecule has 0 spiro atoms. The highest BCUT2D eigenvalue weighted by Gasteiger charge is 2.06. The molecule has 2 N–H and O–H groups in total. The van der Waals surface area contributed by atoms with Crippen LogP contribution in [-0.2, 0) is 6.61 Å². The van der Waals surface area contributed by atoms with Gasteiger partial charge in [0.05, 0.1) is 0 Å². The molecule has 0 saturated heterocycles. The van der Waals surface area contributed by atoms with Crippen LogP contribution >= 0.6 is 0 Å². The second kappa shape index (κ2) is 6.92. The zero-order valence-electron chi connectivity index (χ0n) is 11.9. The van der Waals surface area contributed by atoms with E-state index in [4.69, 9.17) is 10.5 Å². The van der Waals surface area contributed by atoms with Gasteiger partial charge in [-0.05, 0) is 36.6 Å². The van der Waals surface area contributed by atoms with Crippen molar-refractivity contribution in [3.05, 3.63) is 77.9 Å². The monoisotopic (exact) mass is 267 g/mol. The lowest BCUT2D eigenvalue weighted by Crippen LogP contribution is -2.10. The van der Waals surface area contributed by atoms with Crippen LogP contribution in [0.1, 0.15) is 30.5 Å². The van der Waals surface area contributed by atoms with E-state index in [-0.39, 0.29) is 6.04 Å². The summed E-state index contributed by atoms with van der Waals surface area (Å²) >= 11 is 0. The minimum atomic E-state index is 0.00988. The minimum absolute atomic E-state index is 0.00988. The van der Waals surface area contributed by atoms with Gasteiger partial charge in [-0.1, -0.05) is 48.0 Å². The molecular weight excluding hydrogens is 246 g/mol. The van der Waals surface area contributed by atoms with E-state index in [0.717, 1.165) is 28.9 Å². The van der Waals surface area contributed by atoms with Crippen LogP contribution in [0.25, 0.3) is 0 Å². The van der Waals surface area contributed by atoms with E-state index in [1.165, 1.54) is 0 Å². The first kappa shape index (κ1) is 14.4. The topological polar surface area (TPSA) is 35.2 Å². The van der Waals surface area contributed by atoms with Gasteiger partial charge in [0.2, 0.25) is 0 Å². The van der Waals surface area contributed by atoms with Gasteiger partial charge in [0.15, 0.2) is 0 Å². The van der Waals surface area contributed by atoms with Crippen molar-refractivity contribution >= 4 is 0 Å². The zero-order chi connectivity index (χ0) is 14.4. The number of nitrogens with two attached hydrogens (primary N) is 1. The summed E-state index contributed by atoms with van der Waals surface area (Å²) in [4.78, 5) is 0. The lowest BCUT2D eigenvalue weighted by molar-refractivity contribution is 0.306. The van der Waals surface area contributed by atoms with Gasteiger partial charge in [0, 0.05) is 6.04 Å². The Balaban J connectivity index is 1.93. The Hall–Kier alpha value is -2.06. The third-order valence-corrected chi connectivity index (χ3v) is 3.12. The maximum absolute atomic E-state index is 6.11. The Bertz CT molecular complexity index is 545. The number of benzene rings is 2. The van der Waals surface area contributed by atoms with Crippen molar-refractivity contribution < 1.29 is 4.74 Å². The van der Waals surface area contributed by atoms with Gasteiger partial charge in [-0.2, -0.15) is 0 Å². The van der Waals surface area contributed by atoms with Gasteiger partial charge in [-0.15, -0.1) is 6.58 Å². The first-order valence-corrected chi connectivity index (χ1v) is 6.82. The number of rotatable bonds is 6. The quantitative estimate of drug-likeness (QED) is 0.795. The van der Waals surface area contributed by atoms with Gasteiger partial charge < -0.3 is 10.5 Å². The second-order valence-corrected chi connectivity index (χ2v) is 5.11. The van der Waals surface area contributed by atoms with E-state index >= 15 is 0 Å². The summed E-state index contributed by atoms with van der Waals surface area (Å²) in [5.41, 5.74) is 9.48. The first-order valence-electron chi connectivity index (χ1n) is 6.82. The molecule has 20 heavy (non-hydrogen) atoms. The summed E-state index contributed by atoms with van der Waals surface area (Å²) < 4.78 is 5.75. The van der Waals surface area contributed by atoms with E-state index in [1.54, 1.807) is 0 Å². The molecule has 0 radical (unpaired) electrons. The average molecular weight is 267 g/mol. The third kappa shape index (κ3) is 4.25. The molecule has 2 aromatic rings. The highest BCUT2D eigenvalue weighted by atomic mass is 16.5. The van der Waals surface area contributed by atoms with Crippen LogP contribution in [0.15, 0.2) is 66.7 Å². The molecule has 0 unspecified atom stereocenters. The van der Waals surface area contributed by atoms with E-state index in [0.29, 0.717) is 6.61 Å². The highest BCUT2D eigenvalue weighted by molar-refractivity contribution is 5.30. The van der Waals surface area contributed by atoms with E-state index in [9.17, 15) is 0 Å². The lowest BCUT2D eigenvalue weighted by atomic mass is 10.0. The van der Waals surface area contributed by atoms with Crippen molar-refractivity contribution in [1.82, 2.24) is 0 Å². The molecule has 2 heteroatoms. The average Bonchev–Trinajstić information content (AvgIpc) is 2.46.